The zero-order chi connectivity index (χ0) is 16.5. The van der Waals surface area contributed by atoms with E-state index < -0.39 is 6.10 Å². The minimum Gasteiger partial charge on any atom is -0.497 e. The molecule has 1 atom stereocenters. The summed E-state index contributed by atoms with van der Waals surface area (Å²) in [4.78, 5) is 5.73. The van der Waals surface area contributed by atoms with Crippen molar-refractivity contribution in [1.82, 2.24) is 10.6 Å². The third-order valence-corrected chi connectivity index (χ3v) is 4.14. The van der Waals surface area contributed by atoms with Gasteiger partial charge in [-0.05, 0) is 36.1 Å². The van der Waals surface area contributed by atoms with E-state index in [-0.39, 0.29) is 24.0 Å². The Bertz CT molecular complexity index is 603. The van der Waals surface area contributed by atoms with Crippen LogP contribution in [0.25, 0.3) is 0 Å². The molecule has 0 radical (unpaired) electrons. The van der Waals surface area contributed by atoms with Crippen molar-refractivity contribution >= 4 is 41.3 Å². The average molecular weight is 461 g/mol. The number of ether oxygens (including phenoxy) is 1. The minimum atomic E-state index is -0.605. The summed E-state index contributed by atoms with van der Waals surface area (Å²) in [7, 11) is 1.62. The van der Waals surface area contributed by atoms with Crippen LogP contribution < -0.4 is 15.4 Å². The lowest BCUT2D eigenvalue weighted by molar-refractivity contribution is 0.180. The van der Waals surface area contributed by atoms with E-state index >= 15 is 0 Å². The first kappa shape index (κ1) is 20.7. The minimum absolute atomic E-state index is 0. The molecule has 0 aliphatic rings. The SMILES string of the molecule is CCNC(=NCc1cccs1)NCC(O)c1ccc(OC)cc1.I. The summed E-state index contributed by atoms with van der Waals surface area (Å²) >= 11 is 1.68. The fraction of sp³-hybridized carbons (Fsp3) is 0.353. The highest BCUT2D eigenvalue weighted by molar-refractivity contribution is 14.0. The average Bonchev–Trinajstić information content (AvgIpc) is 3.10. The summed E-state index contributed by atoms with van der Waals surface area (Å²) in [5.41, 5.74) is 0.840. The second-order valence-corrected chi connectivity index (χ2v) is 5.98. The first-order chi connectivity index (χ1) is 11.2. The number of benzene rings is 1. The van der Waals surface area contributed by atoms with Gasteiger partial charge in [0.25, 0.3) is 0 Å². The smallest absolute Gasteiger partial charge is 0.191 e. The normalized spacial score (nSPS) is 12.2. The monoisotopic (exact) mass is 461 g/mol. The summed E-state index contributed by atoms with van der Waals surface area (Å²) in [6.45, 7) is 3.81. The summed E-state index contributed by atoms with van der Waals surface area (Å²) in [5, 5.41) is 18.7. The lowest BCUT2D eigenvalue weighted by Gasteiger charge is -2.15. The molecule has 0 amide bonds. The molecule has 1 aromatic carbocycles. The second kappa shape index (κ2) is 11.3. The number of aliphatic hydroxyl groups is 1. The van der Waals surface area contributed by atoms with Crippen LogP contribution in [0.2, 0.25) is 0 Å². The van der Waals surface area contributed by atoms with Gasteiger partial charge in [-0.2, -0.15) is 0 Å². The van der Waals surface area contributed by atoms with Gasteiger partial charge in [0.2, 0.25) is 0 Å². The van der Waals surface area contributed by atoms with Crippen molar-refractivity contribution in [3.05, 3.63) is 52.2 Å². The summed E-state index contributed by atoms with van der Waals surface area (Å²) in [5.74, 6) is 1.48. The zero-order valence-electron chi connectivity index (χ0n) is 13.9. The topological polar surface area (TPSA) is 65.9 Å². The van der Waals surface area contributed by atoms with Gasteiger partial charge in [-0.25, -0.2) is 4.99 Å². The molecule has 5 nitrogen and oxygen atoms in total. The van der Waals surface area contributed by atoms with Crippen molar-refractivity contribution in [1.29, 1.82) is 0 Å². The fourth-order valence-corrected chi connectivity index (χ4v) is 2.67. The molecular weight excluding hydrogens is 437 g/mol. The number of aliphatic hydroxyl groups excluding tert-OH is 1. The van der Waals surface area contributed by atoms with Gasteiger partial charge >= 0.3 is 0 Å². The summed E-state index contributed by atoms with van der Waals surface area (Å²) in [6.07, 6.45) is -0.605. The number of halogens is 1. The summed E-state index contributed by atoms with van der Waals surface area (Å²) < 4.78 is 5.12. The maximum absolute atomic E-state index is 10.3. The van der Waals surface area contributed by atoms with E-state index in [0.29, 0.717) is 19.0 Å². The Morgan fingerprint density at radius 1 is 1.25 bits per heavy atom. The maximum Gasteiger partial charge on any atom is 0.191 e. The van der Waals surface area contributed by atoms with E-state index in [4.69, 9.17) is 4.74 Å². The standard InChI is InChI=1S/C17H23N3O2S.HI/c1-3-18-17(19-11-15-5-4-10-23-15)20-12-16(21)13-6-8-14(22-2)9-7-13;/h4-10,16,21H,3,11-12H2,1-2H3,(H2,18,19,20);1H. The highest BCUT2D eigenvalue weighted by atomic mass is 127. The number of nitrogens with one attached hydrogen (secondary N) is 2. The molecule has 0 bridgehead atoms. The van der Waals surface area contributed by atoms with Gasteiger partial charge in [-0.1, -0.05) is 18.2 Å². The number of thiophene rings is 1. The molecule has 0 aliphatic carbocycles. The number of aliphatic imine (C=N–C) groups is 1. The Hall–Kier alpha value is -1.32. The highest BCUT2D eigenvalue weighted by Crippen LogP contribution is 2.17. The van der Waals surface area contributed by atoms with Crippen LogP contribution in [0.15, 0.2) is 46.8 Å². The van der Waals surface area contributed by atoms with E-state index in [0.717, 1.165) is 17.9 Å². The molecule has 7 heteroatoms. The number of hydrogen-bond donors (Lipinski definition) is 3. The van der Waals surface area contributed by atoms with Crippen LogP contribution >= 0.6 is 35.3 Å². The van der Waals surface area contributed by atoms with E-state index in [1.54, 1.807) is 18.4 Å². The molecule has 1 unspecified atom stereocenters. The maximum atomic E-state index is 10.3. The van der Waals surface area contributed by atoms with Crippen molar-refractivity contribution in [3.63, 3.8) is 0 Å². The van der Waals surface area contributed by atoms with Gasteiger partial charge in [0.1, 0.15) is 5.75 Å². The molecule has 2 rings (SSSR count). The number of rotatable bonds is 7. The second-order valence-electron chi connectivity index (χ2n) is 4.94. The Balaban J connectivity index is 0.00000288. The number of methoxy groups -OCH3 is 1. The molecule has 1 aromatic heterocycles. The van der Waals surface area contributed by atoms with Crippen LogP contribution in [0.4, 0.5) is 0 Å². The van der Waals surface area contributed by atoms with Crippen LogP contribution in [0.3, 0.4) is 0 Å². The molecule has 132 valence electrons. The number of hydrogen-bond acceptors (Lipinski definition) is 4. The van der Waals surface area contributed by atoms with Crippen molar-refractivity contribution in [3.8, 4) is 5.75 Å². The predicted octanol–water partition coefficient (Wildman–Crippen LogP) is 3.16. The fourth-order valence-electron chi connectivity index (χ4n) is 2.04. The quantitative estimate of drug-likeness (QED) is 0.337. The molecule has 0 aliphatic heterocycles. The molecule has 0 saturated carbocycles. The molecule has 2 aromatic rings. The largest absolute Gasteiger partial charge is 0.497 e. The van der Waals surface area contributed by atoms with E-state index in [1.165, 1.54) is 4.88 Å². The van der Waals surface area contributed by atoms with Crippen LogP contribution in [0.1, 0.15) is 23.5 Å². The third-order valence-electron chi connectivity index (χ3n) is 3.28. The Kier molecular flexibility index (Phi) is 9.73. The van der Waals surface area contributed by atoms with Gasteiger partial charge in [-0.15, -0.1) is 35.3 Å². The zero-order valence-corrected chi connectivity index (χ0v) is 17.0. The van der Waals surface area contributed by atoms with Crippen LogP contribution in [0, 0.1) is 0 Å². The number of guanidine groups is 1. The van der Waals surface area contributed by atoms with Crippen molar-refractivity contribution in [2.24, 2.45) is 4.99 Å². The van der Waals surface area contributed by atoms with Gasteiger partial charge in [-0.3, -0.25) is 0 Å². The molecule has 24 heavy (non-hydrogen) atoms. The van der Waals surface area contributed by atoms with Gasteiger partial charge in [0.05, 0.1) is 19.8 Å². The first-order valence-electron chi connectivity index (χ1n) is 7.59. The molecular formula is C17H24IN3O2S. The van der Waals surface area contributed by atoms with Crippen LogP contribution in [-0.4, -0.2) is 31.3 Å². The Morgan fingerprint density at radius 3 is 2.58 bits per heavy atom. The first-order valence-corrected chi connectivity index (χ1v) is 8.47. The third kappa shape index (κ3) is 6.66. The van der Waals surface area contributed by atoms with Crippen molar-refractivity contribution in [2.45, 2.75) is 19.6 Å². The lowest BCUT2D eigenvalue weighted by atomic mass is 10.1. The Labute approximate surface area is 164 Å². The highest BCUT2D eigenvalue weighted by Gasteiger charge is 2.08. The Morgan fingerprint density at radius 2 is 2.00 bits per heavy atom. The van der Waals surface area contributed by atoms with Crippen molar-refractivity contribution in [2.75, 3.05) is 20.2 Å². The molecule has 1 heterocycles. The van der Waals surface area contributed by atoms with Gasteiger partial charge < -0.3 is 20.5 Å². The number of nitrogens with zero attached hydrogens (tertiary/aromatic N) is 1. The summed E-state index contributed by atoms with van der Waals surface area (Å²) in [6, 6.07) is 11.5. The molecule has 3 N–H and O–H groups in total. The lowest BCUT2D eigenvalue weighted by Crippen LogP contribution is -2.39. The van der Waals surface area contributed by atoms with E-state index in [1.807, 2.05) is 42.6 Å². The van der Waals surface area contributed by atoms with Crippen LogP contribution in [0.5, 0.6) is 5.75 Å². The molecule has 0 fully saturated rings. The van der Waals surface area contributed by atoms with Gasteiger partial charge in [0, 0.05) is 18.0 Å². The van der Waals surface area contributed by atoms with E-state index in [9.17, 15) is 5.11 Å². The van der Waals surface area contributed by atoms with E-state index in [2.05, 4.69) is 21.7 Å². The van der Waals surface area contributed by atoms with Crippen molar-refractivity contribution < 1.29 is 9.84 Å². The molecule has 0 saturated heterocycles. The predicted molar refractivity (Wildman–Crippen MR) is 111 cm³/mol. The molecule has 0 spiro atoms. The van der Waals surface area contributed by atoms with Gasteiger partial charge in [0.15, 0.2) is 5.96 Å². The van der Waals surface area contributed by atoms with Crippen LogP contribution in [-0.2, 0) is 6.54 Å².